The molecule has 0 nitrogen and oxygen atoms in total. The van der Waals surface area contributed by atoms with E-state index in [0.717, 1.165) is 0 Å². The van der Waals surface area contributed by atoms with E-state index in [4.69, 9.17) is 0 Å². The minimum atomic E-state index is -2.89. The molecule has 0 saturated heterocycles. The van der Waals surface area contributed by atoms with E-state index in [1.807, 2.05) is 0 Å². The highest BCUT2D eigenvalue weighted by molar-refractivity contribution is 7.21. The third-order valence-electron chi connectivity index (χ3n) is 10.6. The van der Waals surface area contributed by atoms with Crippen LogP contribution in [0, 0.1) is 20.8 Å². The first-order chi connectivity index (χ1) is 19.6. The van der Waals surface area contributed by atoms with Gasteiger partial charge in [0.05, 0.1) is 24.2 Å². The standard InChI is InChI=1S/C39H58Si4/c1-27-20-17-23-33(40(8,9)10)36(27)43(39(7)26-30(4)31(5)32(39)6,37-28(2)21-18-24-34(37)41(11,12)13)38-29(3)22-19-25-35(38)42(14,15)16/h17-26H,1-16H3. The number of benzene rings is 3. The number of hydrogen-bond acceptors (Lipinski definition) is 0. The zero-order chi connectivity index (χ0) is 32.5. The van der Waals surface area contributed by atoms with Crippen molar-refractivity contribution in [2.75, 3.05) is 0 Å². The molecule has 4 heteroatoms. The zero-order valence-corrected chi connectivity index (χ0v) is 34.3. The van der Waals surface area contributed by atoms with E-state index < -0.39 is 32.3 Å². The summed E-state index contributed by atoms with van der Waals surface area (Å²) in [5, 5.41) is 10.0. The van der Waals surface area contributed by atoms with Crippen LogP contribution in [-0.2, 0) is 0 Å². The predicted octanol–water partition coefficient (Wildman–Crippen LogP) is 7.77. The van der Waals surface area contributed by atoms with Gasteiger partial charge in [0.15, 0.2) is 8.07 Å². The smallest absolute Gasteiger partial charge is 0.0730 e. The maximum atomic E-state index is 2.74. The largest absolute Gasteiger partial charge is 0.162 e. The van der Waals surface area contributed by atoms with Crippen LogP contribution in [0.15, 0.2) is 77.4 Å². The van der Waals surface area contributed by atoms with Crippen LogP contribution in [0.3, 0.4) is 0 Å². The van der Waals surface area contributed by atoms with Crippen molar-refractivity contribution >= 4 is 63.4 Å². The fourth-order valence-electron chi connectivity index (χ4n) is 8.25. The molecule has 0 aliphatic heterocycles. The molecule has 0 radical (unpaired) electrons. The lowest BCUT2D eigenvalue weighted by Gasteiger charge is -2.53. The van der Waals surface area contributed by atoms with Gasteiger partial charge in [-0.05, 0) is 62.7 Å². The quantitative estimate of drug-likeness (QED) is 0.183. The SMILES string of the molecule is CC1=CC(C)([Si](c2c(C)cccc2[Si](C)(C)C)(c2c(C)cccc2[Si](C)(C)C)c2c(C)cccc2[Si](C)(C)C)C(C)=C1C. The van der Waals surface area contributed by atoms with Gasteiger partial charge in [-0.15, -0.1) is 0 Å². The van der Waals surface area contributed by atoms with Crippen LogP contribution in [0.4, 0.5) is 0 Å². The second kappa shape index (κ2) is 11.1. The van der Waals surface area contributed by atoms with E-state index in [1.165, 1.54) is 27.8 Å². The number of hydrogen-bond donors (Lipinski definition) is 0. The van der Waals surface area contributed by atoms with Crippen molar-refractivity contribution in [3.63, 3.8) is 0 Å². The Kier molecular flexibility index (Phi) is 8.76. The molecule has 0 N–H and O–H groups in total. The topological polar surface area (TPSA) is 0 Å². The zero-order valence-electron chi connectivity index (χ0n) is 30.3. The van der Waals surface area contributed by atoms with Gasteiger partial charge in [-0.25, -0.2) is 0 Å². The molecule has 1 aliphatic rings. The van der Waals surface area contributed by atoms with Crippen LogP contribution in [0.1, 0.15) is 44.4 Å². The molecule has 0 saturated carbocycles. The molecule has 3 aromatic rings. The molecule has 1 atom stereocenters. The van der Waals surface area contributed by atoms with Gasteiger partial charge in [-0.3, -0.25) is 0 Å². The molecular formula is C39H58Si4. The lowest BCUT2D eigenvalue weighted by atomic mass is 10.0. The fraction of sp³-hybridized carbons (Fsp3) is 0.436. The van der Waals surface area contributed by atoms with Gasteiger partial charge in [-0.1, -0.05) is 170 Å². The molecule has 43 heavy (non-hydrogen) atoms. The Morgan fingerprint density at radius 3 is 1.00 bits per heavy atom. The number of allylic oxidation sites excluding steroid dienone is 4. The van der Waals surface area contributed by atoms with Crippen molar-refractivity contribution in [2.45, 2.75) is 112 Å². The van der Waals surface area contributed by atoms with E-state index >= 15 is 0 Å². The van der Waals surface area contributed by atoms with E-state index in [-0.39, 0.29) is 5.04 Å². The Bertz CT molecular complexity index is 1480. The summed E-state index contributed by atoms with van der Waals surface area (Å²) in [5.41, 5.74) is 9.01. The monoisotopic (exact) mass is 638 g/mol. The van der Waals surface area contributed by atoms with E-state index in [1.54, 1.807) is 36.7 Å². The Balaban J connectivity index is 2.58. The Hall–Kier alpha value is -1.99. The second-order valence-electron chi connectivity index (χ2n) is 16.8. The first-order valence-electron chi connectivity index (χ1n) is 16.3. The summed E-state index contributed by atoms with van der Waals surface area (Å²) in [6.45, 7) is 40.4. The molecular weight excluding hydrogens is 581 g/mol. The highest BCUT2D eigenvalue weighted by Gasteiger charge is 2.60. The molecule has 230 valence electrons. The van der Waals surface area contributed by atoms with Crippen molar-refractivity contribution in [3.8, 4) is 0 Å². The summed E-state index contributed by atoms with van der Waals surface area (Å²) in [6, 6.07) is 22.0. The first-order valence-corrected chi connectivity index (χ1v) is 28.8. The third-order valence-corrected chi connectivity index (χ3v) is 23.8. The summed E-state index contributed by atoms with van der Waals surface area (Å²) in [5.74, 6) is 0. The normalized spacial score (nSPS) is 18.4. The Morgan fingerprint density at radius 1 is 0.465 bits per heavy atom. The average molecular weight is 639 g/mol. The highest BCUT2D eigenvalue weighted by atomic mass is 28.3. The lowest BCUT2D eigenvalue weighted by molar-refractivity contribution is 0.870. The Morgan fingerprint density at radius 2 is 0.767 bits per heavy atom. The molecule has 0 bridgehead atoms. The van der Waals surface area contributed by atoms with E-state index in [9.17, 15) is 0 Å². The van der Waals surface area contributed by atoms with Crippen molar-refractivity contribution in [1.29, 1.82) is 0 Å². The molecule has 3 aromatic carbocycles. The summed E-state index contributed by atoms with van der Waals surface area (Å²) < 4.78 is 0. The van der Waals surface area contributed by atoms with Crippen LogP contribution in [0.2, 0.25) is 64.0 Å². The van der Waals surface area contributed by atoms with Crippen molar-refractivity contribution < 1.29 is 0 Å². The summed E-state index contributed by atoms with van der Waals surface area (Å²) in [4.78, 5) is 0. The molecule has 0 amide bonds. The molecule has 0 fully saturated rings. The summed E-state index contributed by atoms with van der Waals surface area (Å²) >= 11 is 0. The van der Waals surface area contributed by atoms with Gasteiger partial charge in [0.1, 0.15) is 0 Å². The minimum Gasteiger partial charge on any atom is -0.0730 e. The average Bonchev–Trinajstić information content (AvgIpc) is 3.07. The van der Waals surface area contributed by atoms with Gasteiger partial charge in [-0.2, -0.15) is 0 Å². The predicted molar refractivity (Wildman–Crippen MR) is 208 cm³/mol. The number of rotatable bonds is 7. The van der Waals surface area contributed by atoms with E-state index in [2.05, 4.69) is 168 Å². The number of aryl methyl sites for hydroxylation is 3. The maximum Gasteiger partial charge on any atom is 0.162 e. The van der Waals surface area contributed by atoms with Gasteiger partial charge >= 0.3 is 0 Å². The van der Waals surface area contributed by atoms with Gasteiger partial charge in [0, 0.05) is 5.04 Å². The third kappa shape index (κ3) is 5.34. The van der Waals surface area contributed by atoms with Crippen LogP contribution in [0.5, 0.6) is 0 Å². The van der Waals surface area contributed by atoms with Gasteiger partial charge in [0.25, 0.3) is 0 Å². The van der Waals surface area contributed by atoms with Gasteiger partial charge < -0.3 is 0 Å². The van der Waals surface area contributed by atoms with Crippen molar-refractivity contribution in [1.82, 2.24) is 0 Å². The minimum absolute atomic E-state index is 0.108. The fourth-order valence-corrected chi connectivity index (χ4v) is 24.9. The lowest BCUT2D eigenvalue weighted by Crippen LogP contribution is -2.84. The molecule has 0 heterocycles. The maximum absolute atomic E-state index is 2.89. The molecule has 0 aromatic heterocycles. The summed E-state index contributed by atoms with van der Waals surface area (Å²) in [7, 11) is -8.18. The second-order valence-corrected chi connectivity index (χ2v) is 35.9. The highest BCUT2D eigenvalue weighted by Crippen LogP contribution is 2.53. The molecule has 4 rings (SSSR count). The molecule has 0 spiro atoms. The van der Waals surface area contributed by atoms with Gasteiger partial charge in [0.2, 0.25) is 0 Å². The van der Waals surface area contributed by atoms with Crippen LogP contribution in [0.25, 0.3) is 0 Å². The molecule has 1 unspecified atom stereocenters. The van der Waals surface area contributed by atoms with Crippen LogP contribution >= 0.6 is 0 Å². The van der Waals surface area contributed by atoms with Crippen LogP contribution < -0.4 is 31.1 Å². The van der Waals surface area contributed by atoms with Crippen molar-refractivity contribution in [2.24, 2.45) is 0 Å². The van der Waals surface area contributed by atoms with E-state index in [0.29, 0.717) is 0 Å². The van der Waals surface area contributed by atoms with Crippen molar-refractivity contribution in [3.05, 3.63) is 94.1 Å². The summed E-state index contributed by atoms with van der Waals surface area (Å²) in [6.07, 6.45) is 2.74. The van der Waals surface area contributed by atoms with Crippen LogP contribution in [-0.4, -0.2) is 32.3 Å². The molecule has 1 aliphatic carbocycles. The Labute approximate surface area is 268 Å². The first kappa shape index (κ1) is 33.9.